The lowest BCUT2D eigenvalue weighted by Gasteiger charge is -2.37. The Bertz CT molecular complexity index is 288. The average Bonchev–Trinajstić information content (AvgIpc) is 2.68. The second-order valence-electron chi connectivity index (χ2n) is 6.46. The van der Waals surface area contributed by atoms with E-state index in [1.165, 1.54) is 19.3 Å². The number of hydrogen-bond acceptors (Lipinski definition) is 2. The van der Waals surface area contributed by atoms with Crippen LogP contribution < -0.4 is 5.73 Å². The first kappa shape index (κ1) is 12.9. The van der Waals surface area contributed by atoms with Crippen LogP contribution >= 0.6 is 0 Å². The molecule has 0 bridgehead atoms. The van der Waals surface area contributed by atoms with E-state index in [1.807, 2.05) is 0 Å². The monoisotopic (exact) mass is 238 g/mol. The van der Waals surface area contributed by atoms with Gasteiger partial charge >= 0.3 is 0 Å². The smallest absolute Gasteiger partial charge is 0.226 e. The van der Waals surface area contributed by atoms with Gasteiger partial charge in [-0.1, -0.05) is 20.3 Å². The minimum atomic E-state index is 0.201. The number of hydrogen-bond donors (Lipinski definition) is 1. The second kappa shape index (κ2) is 4.97. The molecule has 0 radical (unpaired) electrons. The lowest BCUT2D eigenvalue weighted by Crippen LogP contribution is -2.46. The average molecular weight is 238 g/mol. The zero-order valence-electron chi connectivity index (χ0n) is 11.2. The zero-order valence-corrected chi connectivity index (χ0v) is 11.2. The molecule has 1 aliphatic heterocycles. The summed E-state index contributed by atoms with van der Waals surface area (Å²) < 4.78 is 0. The Balaban J connectivity index is 1.99. The molecule has 1 heterocycles. The van der Waals surface area contributed by atoms with Gasteiger partial charge in [-0.25, -0.2) is 0 Å². The third-order valence-corrected chi connectivity index (χ3v) is 4.72. The van der Waals surface area contributed by atoms with E-state index in [4.69, 9.17) is 5.73 Å². The first-order valence-corrected chi connectivity index (χ1v) is 7.03. The summed E-state index contributed by atoms with van der Waals surface area (Å²) in [5.74, 6) is 1.17. The van der Waals surface area contributed by atoms with Crippen LogP contribution in [0.15, 0.2) is 0 Å². The molecular formula is C14H26N2O. The summed E-state index contributed by atoms with van der Waals surface area (Å²) in [4.78, 5) is 14.6. The number of amides is 1. The number of carbonyl (C=O) groups is 1. The lowest BCUT2D eigenvalue weighted by molar-refractivity contribution is -0.140. The highest BCUT2D eigenvalue weighted by molar-refractivity contribution is 5.80. The van der Waals surface area contributed by atoms with Crippen LogP contribution in [0.2, 0.25) is 0 Å². The molecule has 1 saturated heterocycles. The van der Waals surface area contributed by atoms with Crippen LogP contribution in [-0.4, -0.2) is 30.4 Å². The lowest BCUT2D eigenvalue weighted by atomic mass is 9.80. The van der Waals surface area contributed by atoms with E-state index in [0.717, 1.165) is 32.5 Å². The van der Waals surface area contributed by atoms with Crippen LogP contribution in [0.4, 0.5) is 0 Å². The fraction of sp³-hybridized carbons (Fsp3) is 0.929. The van der Waals surface area contributed by atoms with Crippen molar-refractivity contribution in [3.63, 3.8) is 0 Å². The molecule has 1 amide bonds. The Morgan fingerprint density at radius 3 is 2.71 bits per heavy atom. The van der Waals surface area contributed by atoms with E-state index in [1.54, 1.807) is 0 Å². The molecule has 0 aromatic heterocycles. The maximum absolute atomic E-state index is 12.6. The Kier molecular flexibility index (Phi) is 3.76. The minimum absolute atomic E-state index is 0.201. The van der Waals surface area contributed by atoms with Gasteiger partial charge in [-0.15, -0.1) is 0 Å². The zero-order chi connectivity index (χ0) is 12.5. The molecule has 2 rings (SSSR count). The van der Waals surface area contributed by atoms with Gasteiger partial charge < -0.3 is 10.6 Å². The number of rotatable bonds is 2. The number of piperidine rings is 1. The fourth-order valence-electron chi connectivity index (χ4n) is 3.46. The molecule has 0 spiro atoms. The molecule has 2 unspecified atom stereocenters. The van der Waals surface area contributed by atoms with Crippen molar-refractivity contribution in [3.05, 3.63) is 0 Å². The summed E-state index contributed by atoms with van der Waals surface area (Å²) in [7, 11) is 0. The van der Waals surface area contributed by atoms with Crippen LogP contribution in [0.25, 0.3) is 0 Å². The summed E-state index contributed by atoms with van der Waals surface area (Å²) in [6, 6.07) is 0. The molecule has 2 N–H and O–H groups in total. The maximum atomic E-state index is 12.6. The van der Waals surface area contributed by atoms with Crippen LogP contribution in [0, 0.1) is 17.3 Å². The normalized spacial score (nSPS) is 32.8. The largest absolute Gasteiger partial charge is 0.342 e. The quantitative estimate of drug-likeness (QED) is 0.800. The molecular weight excluding hydrogens is 212 g/mol. The van der Waals surface area contributed by atoms with Crippen molar-refractivity contribution >= 4 is 5.91 Å². The molecule has 17 heavy (non-hydrogen) atoms. The van der Waals surface area contributed by atoms with Gasteiger partial charge in [0.05, 0.1) is 0 Å². The molecule has 0 aromatic carbocycles. The van der Waals surface area contributed by atoms with Crippen LogP contribution in [0.5, 0.6) is 0 Å². The van der Waals surface area contributed by atoms with Gasteiger partial charge in [0.15, 0.2) is 0 Å². The van der Waals surface area contributed by atoms with Crippen molar-refractivity contribution in [1.29, 1.82) is 0 Å². The molecule has 2 atom stereocenters. The molecule has 1 aliphatic carbocycles. The highest BCUT2D eigenvalue weighted by atomic mass is 16.2. The summed E-state index contributed by atoms with van der Waals surface area (Å²) in [6.45, 7) is 7.04. The fourth-order valence-corrected chi connectivity index (χ4v) is 3.46. The standard InChI is InChI=1S/C14H26N2O/c1-14(2)7-3-6-12(14)13(17)16-8-4-5-11(9-15)10-16/h11-12H,3-10,15H2,1-2H3. The number of nitrogens with two attached hydrogens (primary N) is 1. The van der Waals surface area contributed by atoms with Crippen molar-refractivity contribution in [2.45, 2.75) is 46.0 Å². The van der Waals surface area contributed by atoms with E-state index in [9.17, 15) is 4.79 Å². The van der Waals surface area contributed by atoms with Gasteiger partial charge in [0.25, 0.3) is 0 Å². The molecule has 3 nitrogen and oxygen atoms in total. The number of nitrogens with zero attached hydrogens (tertiary/aromatic N) is 1. The SMILES string of the molecule is CC1(C)CCCC1C(=O)N1CCCC(CN)C1. The predicted octanol–water partition coefficient (Wildman–Crippen LogP) is 2.01. The van der Waals surface area contributed by atoms with Crippen molar-refractivity contribution in [1.82, 2.24) is 4.90 Å². The maximum Gasteiger partial charge on any atom is 0.226 e. The van der Waals surface area contributed by atoms with E-state index in [0.29, 0.717) is 11.8 Å². The predicted molar refractivity (Wildman–Crippen MR) is 69.5 cm³/mol. The van der Waals surface area contributed by atoms with Gasteiger partial charge in [-0.3, -0.25) is 4.79 Å². The first-order chi connectivity index (χ1) is 8.04. The van der Waals surface area contributed by atoms with Crippen LogP contribution in [-0.2, 0) is 4.79 Å². The van der Waals surface area contributed by atoms with Crippen molar-refractivity contribution in [3.8, 4) is 0 Å². The van der Waals surface area contributed by atoms with Gasteiger partial charge in [-0.05, 0) is 43.6 Å². The van der Waals surface area contributed by atoms with Gasteiger partial charge in [-0.2, -0.15) is 0 Å². The second-order valence-corrected chi connectivity index (χ2v) is 6.46. The van der Waals surface area contributed by atoms with E-state index >= 15 is 0 Å². The Morgan fingerprint density at radius 1 is 1.35 bits per heavy atom. The van der Waals surface area contributed by atoms with Crippen molar-refractivity contribution < 1.29 is 4.79 Å². The van der Waals surface area contributed by atoms with Crippen molar-refractivity contribution in [2.24, 2.45) is 23.0 Å². The summed E-state index contributed by atoms with van der Waals surface area (Å²) in [6.07, 6.45) is 5.79. The number of likely N-dealkylation sites (tertiary alicyclic amines) is 1. The molecule has 0 aromatic rings. The highest BCUT2D eigenvalue weighted by Gasteiger charge is 2.41. The molecule has 3 heteroatoms. The topological polar surface area (TPSA) is 46.3 Å². The van der Waals surface area contributed by atoms with Gasteiger partial charge in [0.2, 0.25) is 5.91 Å². The third kappa shape index (κ3) is 2.65. The molecule has 2 fully saturated rings. The number of carbonyl (C=O) groups excluding carboxylic acids is 1. The minimum Gasteiger partial charge on any atom is -0.342 e. The summed E-state index contributed by atoms with van der Waals surface area (Å²) >= 11 is 0. The Hall–Kier alpha value is -0.570. The van der Waals surface area contributed by atoms with Gasteiger partial charge in [0.1, 0.15) is 0 Å². The van der Waals surface area contributed by atoms with E-state index < -0.39 is 0 Å². The van der Waals surface area contributed by atoms with Gasteiger partial charge in [0, 0.05) is 19.0 Å². The summed E-state index contributed by atoms with van der Waals surface area (Å²) in [5.41, 5.74) is 5.94. The highest BCUT2D eigenvalue weighted by Crippen LogP contribution is 2.43. The van der Waals surface area contributed by atoms with E-state index in [2.05, 4.69) is 18.7 Å². The van der Waals surface area contributed by atoms with E-state index in [-0.39, 0.29) is 11.3 Å². The summed E-state index contributed by atoms with van der Waals surface area (Å²) in [5, 5.41) is 0. The third-order valence-electron chi connectivity index (χ3n) is 4.72. The first-order valence-electron chi connectivity index (χ1n) is 7.03. The van der Waals surface area contributed by atoms with Crippen LogP contribution in [0.1, 0.15) is 46.0 Å². The Labute approximate surface area is 105 Å². The molecule has 2 aliphatic rings. The van der Waals surface area contributed by atoms with Crippen molar-refractivity contribution in [2.75, 3.05) is 19.6 Å². The van der Waals surface area contributed by atoms with Crippen LogP contribution in [0.3, 0.4) is 0 Å². The molecule has 1 saturated carbocycles. The Morgan fingerprint density at radius 2 is 2.12 bits per heavy atom. The molecule has 98 valence electrons.